The van der Waals surface area contributed by atoms with Crippen LogP contribution in [0.5, 0.6) is 0 Å². The molecule has 0 spiro atoms. The average Bonchev–Trinajstić information content (AvgIpc) is 3.02. The lowest BCUT2D eigenvalue weighted by Gasteiger charge is -2.17. The SMILES string of the molecule is Cl.O=C(Cn1cc([N+](=O)[O-])cn1)N1C[C@H]2CNC[C@H]2C1. The largest absolute Gasteiger partial charge is 0.340 e. The quantitative estimate of drug-likeness (QED) is 0.621. The van der Waals surface area contributed by atoms with E-state index in [4.69, 9.17) is 0 Å². The molecule has 110 valence electrons. The van der Waals surface area contributed by atoms with E-state index in [0.717, 1.165) is 32.4 Å². The molecule has 2 aliphatic rings. The molecule has 1 aromatic rings. The molecule has 1 N–H and O–H groups in total. The van der Waals surface area contributed by atoms with Crippen molar-refractivity contribution in [3.05, 3.63) is 22.5 Å². The molecule has 0 radical (unpaired) electrons. The minimum Gasteiger partial charge on any atom is -0.340 e. The Balaban J connectivity index is 0.00000147. The lowest BCUT2D eigenvalue weighted by Crippen LogP contribution is -2.34. The summed E-state index contributed by atoms with van der Waals surface area (Å²) in [6.45, 7) is 3.57. The first-order valence-corrected chi connectivity index (χ1v) is 6.29. The van der Waals surface area contributed by atoms with Crippen molar-refractivity contribution in [1.29, 1.82) is 0 Å². The first kappa shape index (κ1) is 14.7. The molecule has 8 nitrogen and oxygen atoms in total. The Bertz CT molecular complexity index is 508. The van der Waals surface area contributed by atoms with Gasteiger partial charge in [0.05, 0.1) is 4.92 Å². The van der Waals surface area contributed by atoms with E-state index >= 15 is 0 Å². The average molecular weight is 302 g/mol. The van der Waals surface area contributed by atoms with Gasteiger partial charge < -0.3 is 10.2 Å². The molecule has 1 aromatic heterocycles. The van der Waals surface area contributed by atoms with E-state index in [0.29, 0.717) is 11.8 Å². The maximum Gasteiger partial charge on any atom is 0.307 e. The lowest BCUT2D eigenvalue weighted by atomic mass is 10.0. The van der Waals surface area contributed by atoms with Crippen molar-refractivity contribution in [2.75, 3.05) is 26.2 Å². The number of hydrogen-bond acceptors (Lipinski definition) is 5. The van der Waals surface area contributed by atoms with Crippen LogP contribution in [0.4, 0.5) is 5.69 Å². The highest BCUT2D eigenvalue weighted by atomic mass is 35.5. The zero-order valence-electron chi connectivity index (χ0n) is 10.8. The van der Waals surface area contributed by atoms with Gasteiger partial charge in [-0.15, -0.1) is 12.4 Å². The molecule has 0 aromatic carbocycles. The molecule has 0 unspecified atom stereocenters. The Kier molecular flexibility index (Phi) is 4.24. The van der Waals surface area contributed by atoms with Gasteiger partial charge in [0, 0.05) is 26.2 Å². The predicted molar refractivity (Wildman–Crippen MR) is 72.6 cm³/mol. The van der Waals surface area contributed by atoms with Gasteiger partial charge >= 0.3 is 5.69 Å². The summed E-state index contributed by atoms with van der Waals surface area (Å²) in [5.74, 6) is 1.08. The molecule has 2 aliphatic heterocycles. The van der Waals surface area contributed by atoms with Gasteiger partial charge in [0.25, 0.3) is 0 Å². The van der Waals surface area contributed by atoms with Crippen LogP contribution < -0.4 is 5.32 Å². The molecule has 2 atom stereocenters. The lowest BCUT2D eigenvalue weighted by molar-refractivity contribution is -0.385. The first-order valence-electron chi connectivity index (χ1n) is 6.29. The van der Waals surface area contributed by atoms with Gasteiger partial charge in [0.1, 0.15) is 18.9 Å². The second-order valence-electron chi connectivity index (χ2n) is 5.13. The number of rotatable bonds is 3. The summed E-state index contributed by atoms with van der Waals surface area (Å²) in [5, 5.41) is 17.7. The number of halogens is 1. The van der Waals surface area contributed by atoms with Gasteiger partial charge in [-0.1, -0.05) is 0 Å². The number of nitro groups is 1. The Hall–Kier alpha value is -1.67. The molecule has 0 saturated carbocycles. The zero-order chi connectivity index (χ0) is 13.4. The van der Waals surface area contributed by atoms with Crippen LogP contribution in [-0.4, -0.2) is 51.7 Å². The summed E-state index contributed by atoms with van der Waals surface area (Å²) in [6.07, 6.45) is 2.45. The molecule has 0 aliphatic carbocycles. The van der Waals surface area contributed by atoms with Crippen molar-refractivity contribution in [2.24, 2.45) is 11.8 Å². The number of nitrogens with one attached hydrogen (secondary N) is 1. The molecule has 1 amide bonds. The topological polar surface area (TPSA) is 93.3 Å². The number of fused-ring (bicyclic) bond motifs is 1. The molecule has 9 heteroatoms. The zero-order valence-corrected chi connectivity index (χ0v) is 11.6. The third-order valence-corrected chi connectivity index (χ3v) is 3.87. The molecule has 20 heavy (non-hydrogen) atoms. The van der Waals surface area contributed by atoms with E-state index in [9.17, 15) is 14.9 Å². The number of carbonyl (C=O) groups is 1. The van der Waals surface area contributed by atoms with Gasteiger partial charge in [-0.3, -0.25) is 19.6 Å². The van der Waals surface area contributed by atoms with E-state index in [2.05, 4.69) is 10.4 Å². The third kappa shape index (κ3) is 2.75. The smallest absolute Gasteiger partial charge is 0.307 e. The van der Waals surface area contributed by atoms with Crippen molar-refractivity contribution in [3.63, 3.8) is 0 Å². The summed E-state index contributed by atoms with van der Waals surface area (Å²) < 4.78 is 1.33. The van der Waals surface area contributed by atoms with E-state index < -0.39 is 4.92 Å². The molecule has 0 bridgehead atoms. The highest BCUT2D eigenvalue weighted by molar-refractivity contribution is 5.85. The number of amides is 1. The summed E-state index contributed by atoms with van der Waals surface area (Å²) in [6, 6.07) is 0. The summed E-state index contributed by atoms with van der Waals surface area (Å²) in [4.78, 5) is 24.0. The number of carbonyl (C=O) groups excluding carboxylic acids is 1. The number of likely N-dealkylation sites (tertiary alicyclic amines) is 1. The van der Waals surface area contributed by atoms with E-state index in [-0.39, 0.29) is 30.5 Å². The fraction of sp³-hybridized carbons (Fsp3) is 0.636. The van der Waals surface area contributed by atoms with Crippen LogP contribution in [0.1, 0.15) is 0 Å². The van der Waals surface area contributed by atoms with Crippen molar-refractivity contribution in [1.82, 2.24) is 20.0 Å². The highest BCUT2D eigenvalue weighted by Crippen LogP contribution is 2.26. The second-order valence-corrected chi connectivity index (χ2v) is 5.13. The van der Waals surface area contributed by atoms with Gasteiger partial charge in [0.2, 0.25) is 5.91 Å². The predicted octanol–water partition coefficient (Wildman–Crippen LogP) is -0.109. The van der Waals surface area contributed by atoms with Crippen LogP contribution in [0.15, 0.2) is 12.4 Å². The van der Waals surface area contributed by atoms with Gasteiger partial charge in [-0.25, -0.2) is 0 Å². The Morgan fingerprint density at radius 3 is 2.65 bits per heavy atom. The molecular formula is C11H16ClN5O3. The van der Waals surface area contributed by atoms with Crippen molar-refractivity contribution in [3.8, 4) is 0 Å². The number of nitrogens with zero attached hydrogens (tertiary/aromatic N) is 4. The van der Waals surface area contributed by atoms with Crippen molar-refractivity contribution in [2.45, 2.75) is 6.54 Å². The van der Waals surface area contributed by atoms with E-state index in [1.165, 1.54) is 10.9 Å². The van der Waals surface area contributed by atoms with E-state index in [1.54, 1.807) is 0 Å². The molecule has 2 fully saturated rings. The van der Waals surface area contributed by atoms with Crippen LogP contribution in [0, 0.1) is 22.0 Å². The standard InChI is InChI=1S/C11H15N5O3.ClH/c17-11(7-15-6-10(3-13-15)16(18)19)14-4-8-1-12-2-9(8)5-14;/h3,6,8-9,12H,1-2,4-5,7H2;1H/t8-,9+;. The van der Waals surface area contributed by atoms with Gasteiger partial charge in [0.15, 0.2) is 0 Å². The van der Waals surface area contributed by atoms with Crippen molar-refractivity contribution < 1.29 is 9.72 Å². The normalized spacial score (nSPS) is 24.3. The first-order chi connectivity index (χ1) is 9.13. The Morgan fingerprint density at radius 2 is 2.10 bits per heavy atom. The minimum atomic E-state index is -0.514. The van der Waals surface area contributed by atoms with Crippen LogP contribution in [-0.2, 0) is 11.3 Å². The fourth-order valence-corrected chi connectivity index (χ4v) is 2.83. The van der Waals surface area contributed by atoms with Gasteiger partial charge in [-0.2, -0.15) is 5.10 Å². The van der Waals surface area contributed by atoms with Crippen LogP contribution in [0.3, 0.4) is 0 Å². The van der Waals surface area contributed by atoms with Crippen LogP contribution in [0.25, 0.3) is 0 Å². The molecule has 2 saturated heterocycles. The molecule has 3 heterocycles. The third-order valence-electron chi connectivity index (χ3n) is 3.87. The summed E-state index contributed by atoms with van der Waals surface area (Å²) >= 11 is 0. The van der Waals surface area contributed by atoms with Crippen LogP contribution in [0.2, 0.25) is 0 Å². The Morgan fingerprint density at radius 1 is 1.45 bits per heavy atom. The van der Waals surface area contributed by atoms with Gasteiger partial charge in [-0.05, 0) is 11.8 Å². The fourth-order valence-electron chi connectivity index (χ4n) is 2.83. The Labute approximate surface area is 121 Å². The minimum absolute atomic E-state index is 0. The molecule has 3 rings (SSSR count). The summed E-state index contributed by atoms with van der Waals surface area (Å²) in [5.41, 5.74) is -0.0877. The highest BCUT2D eigenvalue weighted by Gasteiger charge is 2.37. The summed E-state index contributed by atoms with van der Waals surface area (Å²) in [7, 11) is 0. The number of hydrogen-bond donors (Lipinski definition) is 1. The number of aromatic nitrogens is 2. The van der Waals surface area contributed by atoms with E-state index in [1.807, 2.05) is 4.90 Å². The maximum absolute atomic E-state index is 12.1. The van der Waals surface area contributed by atoms with Crippen molar-refractivity contribution >= 4 is 24.0 Å². The second kappa shape index (κ2) is 5.76. The maximum atomic E-state index is 12.1. The monoisotopic (exact) mass is 301 g/mol. The molecular weight excluding hydrogens is 286 g/mol. The van der Waals surface area contributed by atoms with Crippen LogP contribution >= 0.6 is 12.4 Å².